The SMILES string of the molecule is NC(Cc1ccccc1)C(=O)NCc1ccccn1. The van der Waals surface area contributed by atoms with Gasteiger partial charge in [-0.15, -0.1) is 0 Å². The highest BCUT2D eigenvalue weighted by Crippen LogP contribution is 2.02. The van der Waals surface area contributed by atoms with Crippen molar-refractivity contribution in [1.29, 1.82) is 0 Å². The summed E-state index contributed by atoms with van der Waals surface area (Å²) in [6.07, 6.45) is 2.24. The van der Waals surface area contributed by atoms with E-state index in [1.165, 1.54) is 0 Å². The molecule has 0 saturated carbocycles. The van der Waals surface area contributed by atoms with E-state index in [1.807, 2.05) is 48.5 Å². The molecule has 1 heterocycles. The molecule has 1 unspecified atom stereocenters. The zero-order valence-electron chi connectivity index (χ0n) is 10.6. The highest BCUT2D eigenvalue weighted by Gasteiger charge is 2.13. The Balaban J connectivity index is 1.83. The molecule has 0 saturated heterocycles. The van der Waals surface area contributed by atoms with Crippen LogP contribution in [0, 0.1) is 0 Å². The number of amides is 1. The van der Waals surface area contributed by atoms with Crippen LogP contribution in [-0.2, 0) is 17.8 Å². The summed E-state index contributed by atoms with van der Waals surface area (Å²) in [4.78, 5) is 16.0. The van der Waals surface area contributed by atoms with Crippen molar-refractivity contribution in [2.24, 2.45) is 5.73 Å². The maximum atomic E-state index is 11.9. The van der Waals surface area contributed by atoms with Gasteiger partial charge < -0.3 is 11.1 Å². The molecule has 1 atom stereocenters. The molecule has 1 aromatic carbocycles. The lowest BCUT2D eigenvalue weighted by atomic mass is 10.1. The second-order valence-corrected chi connectivity index (χ2v) is 4.34. The normalized spacial score (nSPS) is 11.8. The van der Waals surface area contributed by atoms with E-state index in [2.05, 4.69) is 10.3 Å². The lowest BCUT2D eigenvalue weighted by Gasteiger charge is -2.12. The Morgan fingerprint density at radius 3 is 2.58 bits per heavy atom. The number of hydrogen-bond acceptors (Lipinski definition) is 3. The Kier molecular flexibility index (Phi) is 4.64. The Bertz CT molecular complexity index is 513. The van der Waals surface area contributed by atoms with Crippen molar-refractivity contribution in [3.63, 3.8) is 0 Å². The largest absolute Gasteiger partial charge is 0.349 e. The summed E-state index contributed by atoms with van der Waals surface area (Å²) >= 11 is 0. The number of nitrogens with zero attached hydrogens (tertiary/aromatic N) is 1. The van der Waals surface area contributed by atoms with Gasteiger partial charge in [0.05, 0.1) is 18.3 Å². The molecule has 0 aliphatic rings. The standard InChI is InChI=1S/C15H17N3O/c16-14(10-12-6-2-1-3-7-12)15(19)18-11-13-8-4-5-9-17-13/h1-9,14H,10-11,16H2,(H,18,19). The van der Waals surface area contributed by atoms with E-state index in [0.29, 0.717) is 13.0 Å². The molecule has 0 spiro atoms. The molecule has 3 N–H and O–H groups in total. The van der Waals surface area contributed by atoms with Crippen LogP contribution in [0.5, 0.6) is 0 Å². The van der Waals surface area contributed by atoms with E-state index in [1.54, 1.807) is 6.20 Å². The third kappa shape index (κ3) is 4.19. The van der Waals surface area contributed by atoms with Crippen LogP contribution < -0.4 is 11.1 Å². The van der Waals surface area contributed by atoms with Gasteiger partial charge in [-0.1, -0.05) is 36.4 Å². The number of hydrogen-bond donors (Lipinski definition) is 2. The first-order valence-corrected chi connectivity index (χ1v) is 6.23. The number of aromatic nitrogens is 1. The molecule has 2 aromatic rings. The van der Waals surface area contributed by atoms with Crippen LogP contribution in [0.2, 0.25) is 0 Å². The van der Waals surface area contributed by atoms with Crippen LogP contribution in [-0.4, -0.2) is 16.9 Å². The fraction of sp³-hybridized carbons (Fsp3) is 0.200. The van der Waals surface area contributed by atoms with Crippen molar-refractivity contribution in [3.8, 4) is 0 Å². The number of pyridine rings is 1. The number of rotatable bonds is 5. The quantitative estimate of drug-likeness (QED) is 0.845. The first-order chi connectivity index (χ1) is 9.25. The average Bonchev–Trinajstić information content (AvgIpc) is 2.47. The monoisotopic (exact) mass is 255 g/mol. The fourth-order valence-corrected chi connectivity index (χ4v) is 1.77. The summed E-state index contributed by atoms with van der Waals surface area (Å²) in [6, 6.07) is 14.8. The van der Waals surface area contributed by atoms with E-state index < -0.39 is 6.04 Å². The number of carbonyl (C=O) groups excluding carboxylic acids is 1. The van der Waals surface area contributed by atoms with Crippen molar-refractivity contribution in [2.45, 2.75) is 19.0 Å². The zero-order valence-corrected chi connectivity index (χ0v) is 10.6. The third-order valence-corrected chi connectivity index (χ3v) is 2.81. The van der Waals surface area contributed by atoms with E-state index in [-0.39, 0.29) is 5.91 Å². The first-order valence-electron chi connectivity index (χ1n) is 6.23. The van der Waals surface area contributed by atoms with Crippen LogP contribution in [0.15, 0.2) is 54.7 Å². The highest BCUT2D eigenvalue weighted by molar-refractivity contribution is 5.81. The van der Waals surface area contributed by atoms with E-state index in [0.717, 1.165) is 11.3 Å². The van der Waals surface area contributed by atoms with Gasteiger partial charge in [-0.25, -0.2) is 0 Å². The summed E-state index contributed by atoms with van der Waals surface area (Å²) in [5.41, 5.74) is 7.76. The molecular weight excluding hydrogens is 238 g/mol. The number of nitrogens with two attached hydrogens (primary N) is 1. The summed E-state index contributed by atoms with van der Waals surface area (Å²) in [7, 11) is 0. The number of carbonyl (C=O) groups is 1. The predicted molar refractivity (Wildman–Crippen MR) is 74.2 cm³/mol. The van der Waals surface area contributed by atoms with E-state index in [4.69, 9.17) is 5.73 Å². The van der Waals surface area contributed by atoms with Gasteiger partial charge in [0, 0.05) is 6.20 Å². The molecule has 0 aliphatic heterocycles. The van der Waals surface area contributed by atoms with Gasteiger partial charge in [0.15, 0.2) is 0 Å². The maximum absolute atomic E-state index is 11.9. The minimum Gasteiger partial charge on any atom is -0.349 e. The van der Waals surface area contributed by atoms with Crippen LogP contribution in [0.3, 0.4) is 0 Å². The minimum atomic E-state index is -0.536. The second kappa shape index (κ2) is 6.66. The molecule has 98 valence electrons. The molecule has 2 rings (SSSR count). The van der Waals surface area contributed by atoms with Crippen LogP contribution in [0.25, 0.3) is 0 Å². The van der Waals surface area contributed by atoms with Crippen molar-refractivity contribution in [2.75, 3.05) is 0 Å². The Labute approximate surface area is 112 Å². The Morgan fingerprint density at radius 2 is 1.89 bits per heavy atom. The van der Waals surface area contributed by atoms with Gasteiger partial charge in [-0.2, -0.15) is 0 Å². The molecule has 0 aliphatic carbocycles. The molecule has 0 radical (unpaired) electrons. The summed E-state index contributed by atoms with van der Waals surface area (Å²) in [5, 5.41) is 2.79. The first kappa shape index (κ1) is 13.2. The van der Waals surface area contributed by atoms with Gasteiger partial charge >= 0.3 is 0 Å². The van der Waals surface area contributed by atoms with Crippen molar-refractivity contribution < 1.29 is 4.79 Å². The third-order valence-electron chi connectivity index (χ3n) is 2.81. The molecular formula is C15H17N3O. The zero-order chi connectivity index (χ0) is 13.5. The summed E-state index contributed by atoms with van der Waals surface area (Å²) in [5.74, 6) is -0.158. The molecule has 1 amide bonds. The smallest absolute Gasteiger partial charge is 0.237 e. The lowest BCUT2D eigenvalue weighted by Crippen LogP contribution is -2.41. The van der Waals surface area contributed by atoms with Gasteiger partial charge in [0.1, 0.15) is 0 Å². The van der Waals surface area contributed by atoms with Gasteiger partial charge in [0.2, 0.25) is 5.91 Å². The maximum Gasteiger partial charge on any atom is 0.237 e. The van der Waals surface area contributed by atoms with Gasteiger partial charge in [-0.3, -0.25) is 9.78 Å². The molecule has 1 aromatic heterocycles. The van der Waals surface area contributed by atoms with Crippen LogP contribution in [0.4, 0.5) is 0 Å². The molecule has 19 heavy (non-hydrogen) atoms. The lowest BCUT2D eigenvalue weighted by molar-refractivity contribution is -0.122. The Hall–Kier alpha value is -2.20. The summed E-state index contributed by atoms with van der Waals surface area (Å²) in [6.45, 7) is 0.405. The molecule has 0 fully saturated rings. The average molecular weight is 255 g/mol. The topological polar surface area (TPSA) is 68.0 Å². The van der Waals surface area contributed by atoms with Crippen molar-refractivity contribution in [1.82, 2.24) is 10.3 Å². The van der Waals surface area contributed by atoms with Gasteiger partial charge in [0.25, 0.3) is 0 Å². The van der Waals surface area contributed by atoms with Crippen LogP contribution >= 0.6 is 0 Å². The van der Waals surface area contributed by atoms with Crippen LogP contribution in [0.1, 0.15) is 11.3 Å². The Morgan fingerprint density at radius 1 is 1.16 bits per heavy atom. The van der Waals surface area contributed by atoms with E-state index >= 15 is 0 Å². The molecule has 0 bridgehead atoms. The molecule has 4 nitrogen and oxygen atoms in total. The predicted octanol–water partition coefficient (Wildman–Crippen LogP) is 1.27. The fourth-order valence-electron chi connectivity index (χ4n) is 1.77. The highest BCUT2D eigenvalue weighted by atomic mass is 16.2. The van der Waals surface area contributed by atoms with Gasteiger partial charge in [-0.05, 0) is 24.1 Å². The van der Waals surface area contributed by atoms with E-state index in [9.17, 15) is 4.79 Å². The minimum absolute atomic E-state index is 0.158. The second-order valence-electron chi connectivity index (χ2n) is 4.34. The number of benzene rings is 1. The number of nitrogens with one attached hydrogen (secondary N) is 1. The van der Waals surface area contributed by atoms with Crippen molar-refractivity contribution in [3.05, 3.63) is 66.0 Å². The molecule has 4 heteroatoms. The van der Waals surface area contributed by atoms with Crippen molar-refractivity contribution >= 4 is 5.91 Å². The summed E-state index contributed by atoms with van der Waals surface area (Å²) < 4.78 is 0.